The molecule has 1 saturated heterocycles. The topological polar surface area (TPSA) is 76.8 Å². The molecular weight excluding hydrogens is 434 g/mol. The summed E-state index contributed by atoms with van der Waals surface area (Å²) in [6.07, 6.45) is 11.3. The second kappa shape index (κ2) is 9.01. The summed E-state index contributed by atoms with van der Waals surface area (Å²) < 4.78 is 2.38. The van der Waals surface area contributed by atoms with E-state index in [9.17, 15) is 5.26 Å². The lowest BCUT2D eigenvalue weighted by molar-refractivity contribution is 0.340. The van der Waals surface area contributed by atoms with Gasteiger partial charge < -0.3 is 19.4 Å². The molecule has 0 radical (unpaired) electrons. The molecule has 7 heteroatoms. The molecule has 6 rings (SSSR count). The molecule has 1 atom stereocenters. The van der Waals surface area contributed by atoms with Gasteiger partial charge in [-0.1, -0.05) is 25.3 Å². The van der Waals surface area contributed by atoms with Gasteiger partial charge in [0.25, 0.3) is 0 Å². The zero-order valence-electron chi connectivity index (χ0n) is 20.7. The number of nitriles is 1. The quantitative estimate of drug-likeness (QED) is 0.428. The van der Waals surface area contributed by atoms with E-state index in [0.29, 0.717) is 17.5 Å². The van der Waals surface area contributed by atoms with Crippen LogP contribution < -0.4 is 4.90 Å². The summed E-state index contributed by atoms with van der Waals surface area (Å²) in [5, 5.41) is 10.1. The first-order chi connectivity index (χ1) is 17.1. The number of rotatable bonds is 5. The van der Waals surface area contributed by atoms with Gasteiger partial charge in [-0.3, -0.25) is 0 Å². The van der Waals surface area contributed by atoms with Crippen LogP contribution >= 0.6 is 0 Å². The lowest BCUT2D eigenvalue weighted by Crippen LogP contribution is -2.26. The molecule has 1 aliphatic heterocycles. The van der Waals surface area contributed by atoms with Crippen LogP contribution in [0, 0.1) is 17.2 Å². The monoisotopic (exact) mass is 467 g/mol. The standard InChI is InChI=1S/C28H33N7/c1-33(2)15-19-10-11-34(16-19)26-13-22(27-28(23(26)14-29)31-17-30-27)20-8-9-25-24(12-20)32-18-35(25)21-6-4-3-5-7-21/h8-9,12-13,17-19,21H,3-7,10-11,15-16H2,1-2H3,(H,30,31)/t19-/m1/s1. The third-order valence-electron chi connectivity index (χ3n) is 7.90. The summed E-state index contributed by atoms with van der Waals surface area (Å²) in [7, 11) is 4.26. The zero-order valence-corrected chi connectivity index (χ0v) is 20.7. The molecule has 0 unspecified atom stereocenters. The van der Waals surface area contributed by atoms with Crippen molar-refractivity contribution < 1.29 is 0 Å². The molecule has 35 heavy (non-hydrogen) atoms. The minimum absolute atomic E-state index is 0.560. The van der Waals surface area contributed by atoms with Gasteiger partial charge >= 0.3 is 0 Å². The van der Waals surface area contributed by atoms with Gasteiger partial charge in [-0.05, 0) is 63.0 Å². The Morgan fingerprint density at radius 3 is 2.77 bits per heavy atom. The number of H-pyrrole nitrogens is 1. The van der Waals surface area contributed by atoms with Crippen molar-refractivity contribution >= 4 is 27.8 Å². The van der Waals surface area contributed by atoms with Crippen LogP contribution in [0.1, 0.15) is 50.1 Å². The normalized spacial score (nSPS) is 19.3. The number of nitrogens with one attached hydrogen (secondary N) is 1. The third kappa shape index (κ3) is 3.96. The van der Waals surface area contributed by atoms with Gasteiger partial charge in [0, 0.05) is 31.2 Å². The van der Waals surface area contributed by atoms with Crippen LogP contribution in [0.15, 0.2) is 36.9 Å². The highest BCUT2D eigenvalue weighted by atomic mass is 15.2. The highest BCUT2D eigenvalue weighted by Gasteiger charge is 2.27. The second-order valence-electron chi connectivity index (χ2n) is 10.6. The SMILES string of the molecule is CN(C)C[C@H]1CCN(c2cc(-c3ccc4c(c3)ncn4C3CCCCC3)c3nc[nH]c3c2C#N)C1. The lowest BCUT2D eigenvalue weighted by atomic mass is 9.95. The number of nitrogens with zero attached hydrogens (tertiary/aromatic N) is 6. The first-order valence-corrected chi connectivity index (χ1v) is 12.9. The molecule has 0 bridgehead atoms. The number of hydrogen-bond donors (Lipinski definition) is 1. The van der Waals surface area contributed by atoms with Gasteiger partial charge in [0.2, 0.25) is 0 Å². The molecule has 2 fully saturated rings. The van der Waals surface area contributed by atoms with E-state index in [1.54, 1.807) is 6.33 Å². The largest absolute Gasteiger partial charge is 0.370 e. The predicted molar refractivity (Wildman–Crippen MR) is 141 cm³/mol. The Morgan fingerprint density at radius 2 is 1.97 bits per heavy atom. The molecule has 1 saturated carbocycles. The maximum Gasteiger partial charge on any atom is 0.104 e. The van der Waals surface area contributed by atoms with E-state index >= 15 is 0 Å². The van der Waals surface area contributed by atoms with Gasteiger partial charge in [-0.15, -0.1) is 0 Å². The predicted octanol–water partition coefficient (Wildman–Crippen LogP) is 5.34. The average molecular weight is 468 g/mol. The summed E-state index contributed by atoms with van der Waals surface area (Å²) in [5.74, 6) is 0.609. The van der Waals surface area contributed by atoms with Crippen LogP contribution in [0.25, 0.3) is 33.2 Å². The van der Waals surface area contributed by atoms with Crippen molar-refractivity contribution in [1.29, 1.82) is 5.26 Å². The van der Waals surface area contributed by atoms with Gasteiger partial charge in [0.1, 0.15) is 11.6 Å². The molecular formula is C28H33N7. The molecule has 2 aromatic carbocycles. The highest BCUT2D eigenvalue weighted by molar-refractivity contribution is 6.00. The van der Waals surface area contributed by atoms with Crippen molar-refractivity contribution in [2.45, 2.75) is 44.6 Å². The van der Waals surface area contributed by atoms with E-state index in [0.717, 1.165) is 59.4 Å². The first-order valence-electron chi connectivity index (χ1n) is 12.9. The fourth-order valence-electron chi connectivity index (χ4n) is 6.24. The van der Waals surface area contributed by atoms with Crippen molar-refractivity contribution in [3.63, 3.8) is 0 Å². The maximum atomic E-state index is 10.1. The number of anilines is 1. The van der Waals surface area contributed by atoms with Crippen LogP contribution in [0.4, 0.5) is 5.69 Å². The Morgan fingerprint density at radius 1 is 1.11 bits per heavy atom. The van der Waals surface area contributed by atoms with Gasteiger partial charge in [0.15, 0.2) is 0 Å². The molecule has 0 amide bonds. The molecule has 4 aromatic rings. The van der Waals surface area contributed by atoms with Gasteiger partial charge in [-0.25, -0.2) is 9.97 Å². The first kappa shape index (κ1) is 22.1. The highest BCUT2D eigenvalue weighted by Crippen LogP contribution is 2.39. The average Bonchev–Trinajstić information content (AvgIpc) is 3.62. The Labute approximate surface area is 206 Å². The fraction of sp³-hybridized carbons (Fsp3) is 0.464. The minimum atomic E-state index is 0.560. The molecule has 180 valence electrons. The summed E-state index contributed by atoms with van der Waals surface area (Å²) in [6, 6.07) is 11.8. The van der Waals surface area contributed by atoms with Gasteiger partial charge in [-0.2, -0.15) is 5.26 Å². The Kier molecular flexibility index (Phi) is 5.69. The summed E-state index contributed by atoms with van der Waals surface area (Å²) in [4.78, 5) is 17.3. The smallest absolute Gasteiger partial charge is 0.104 e. The van der Waals surface area contributed by atoms with E-state index in [2.05, 4.69) is 68.8 Å². The zero-order chi connectivity index (χ0) is 23.9. The Bertz CT molecular complexity index is 1400. The van der Waals surface area contributed by atoms with Crippen molar-refractivity contribution in [2.75, 3.05) is 38.6 Å². The summed E-state index contributed by atoms with van der Waals surface area (Å²) >= 11 is 0. The van der Waals surface area contributed by atoms with E-state index in [1.165, 1.54) is 37.6 Å². The van der Waals surface area contributed by atoms with E-state index in [4.69, 9.17) is 4.98 Å². The number of fused-ring (bicyclic) bond motifs is 2. The van der Waals surface area contributed by atoms with E-state index in [1.807, 2.05) is 6.33 Å². The van der Waals surface area contributed by atoms with Crippen LogP contribution in [-0.2, 0) is 0 Å². The van der Waals surface area contributed by atoms with Gasteiger partial charge in [0.05, 0.1) is 40.4 Å². The number of hydrogen-bond acceptors (Lipinski definition) is 5. The van der Waals surface area contributed by atoms with Crippen molar-refractivity contribution in [3.05, 3.63) is 42.5 Å². The fourth-order valence-corrected chi connectivity index (χ4v) is 6.24. The summed E-state index contributed by atoms with van der Waals surface area (Å²) in [5.41, 5.74) is 7.75. The van der Waals surface area contributed by atoms with Crippen LogP contribution in [0.2, 0.25) is 0 Å². The molecule has 1 aliphatic carbocycles. The minimum Gasteiger partial charge on any atom is -0.370 e. The number of imidazole rings is 2. The van der Waals surface area contributed by atoms with Crippen molar-refractivity contribution in [3.8, 4) is 17.2 Å². The Hall–Kier alpha value is -3.37. The van der Waals surface area contributed by atoms with Crippen LogP contribution in [0.5, 0.6) is 0 Å². The number of benzene rings is 2. The number of aromatic amines is 1. The van der Waals surface area contributed by atoms with Crippen molar-refractivity contribution in [1.82, 2.24) is 24.4 Å². The number of aromatic nitrogens is 4. The third-order valence-corrected chi connectivity index (χ3v) is 7.90. The van der Waals surface area contributed by atoms with E-state index in [-0.39, 0.29) is 0 Å². The van der Waals surface area contributed by atoms with Crippen LogP contribution in [-0.4, -0.2) is 58.1 Å². The van der Waals surface area contributed by atoms with E-state index < -0.39 is 0 Å². The summed E-state index contributed by atoms with van der Waals surface area (Å²) in [6.45, 7) is 3.01. The Balaban J connectivity index is 1.41. The van der Waals surface area contributed by atoms with Crippen LogP contribution in [0.3, 0.4) is 0 Å². The molecule has 1 N–H and O–H groups in total. The molecule has 2 aliphatic rings. The maximum absolute atomic E-state index is 10.1. The van der Waals surface area contributed by atoms with Crippen molar-refractivity contribution in [2.24, 2.45) is 5.92 Å². The second-order valence-corrected chi connectivity index (χ2v) is 10.6. The molecule has 2 aromatic heterocycles. The lowest BCUT2D eigenvalue weighted by Gasteiger charge is -2.23. The molecule has 0 spiro atoms. The molecule has 7 nitrogen and oxygen atoms in total. The molecule has 3 heterocycles.